The Morgan fingerprint density at radius 3 is 2.04 bits per heavy atom. The van der Waals surface area contributed by atoms with Crippen LogP contribution in [0, 0.1) is 13.8 Å². The Morgan fingerprint density at radius 2 is 1.36 bits per heavy atom. The monoisotopic (exact) mass is 347 g/mol. The van der Waals surface area contributed by atoms with Crippen LogP contribution in [0.25, 0.3) is 0 Å². The second kappa shape index (κ2) is 7.81. The molecule has 3 aromatic carbocycles. The Morgan fingerprint density at radius 1 is 0.720 bits per heavy atom. The van der Waals surface area contributed by atoms with E-state index in [0.29, 0.717) is 5.11 Å². The van der Waals surface area contributed by atoms with E-state index in [4.69, 9.17) is 12.2 Å². The summed E-state index contributed by atoms with van der Waals surface area (Å²) in [5.41, 5.74) is 6.47. The average Bonchev–Trinajstić information content (AvgIpc) is 2.60. The molecule has 126 valence electrons. The molecule has 0 aliphatic rings. The number of para-hydroxylation sites is 1. The van der Waals surface area contributed by atoms with Crippen LogP contribution in [-0.2, 0) is 0 Å². The number of anilines is 4. The lowest BCUT2D eigenvalue weighted by atomic mass is 10.1. The topological polar surface area (TPSA) is 36.1 Å². The van der Waals surface area contributed by atoms with Crippen LogP contribution in [0.3, 0.4) is 0 Å². The highest BCUT2D eigenvalue weighted by molar-refractivity contribution is 7.80. The van der Waals surface area contributed by atoms with Crippen molar-refractivity contribution in [3.63, 3.8) is 0 Å². The smallest absolute Gasteiger partial charge is 0.175 e. The van der Waals surface area contributed by atoms with E-state index >= 15 is 0 Å². The van der Waals surface area contributed by atoms with Crippen LogP contribution >= 0.6 is 12.2 Å². The van der Waals surface area contributed by atoms with E-state index in [1.807, 2.05) is 60.7 Å². The van der Waals surface area contributed by atoms with Crippen LogP contribution in [0.1, 0.15) is 11.1 Å². The van der Waals surface area contributed by atoms with Gasteiger partial charge in [0.25, 0.3) is 0 Å². The first-order valence-electron chi connectivity index (χ1n) is 8.17. The minimum absolute atomic E-state index is 0.579. The number of thiocarbonyl (C=S) groups is 1. The summed E-state index contributed by atoms with van der Waals surface area (Å²) in [5, 5.41) is 10.4. The number of rotatable bonds is 4. The van der Waals surface area contributed by atoms with Crippen molar-refractivity contribution < 1.29 is 0 Å². The van der Waals surface area contributed by atoms with Crippen molar-refractivity contribution in [2.75, 3.05) is 16.0 Å². The minimum Gasteiger partial charge on any atom is -0.356 e. The Labute approximate surface area is 154 Å². The Hall–Kier alpha value is -2.85. The SMILES string of the molecule is Cc1ccc(NC(=S)Nc2ccc(Nc3ccccc3)cc2)c(C)c1. The summed E-state index contributed by atoms with van der Waals surface area (Å²) < 4.78 is 0. The van der Waals surface area contributed by atoms with Crippen molar-refractivity contribution >= 4 is 40.1 Å². The van der Waals surface area contributed by atoms with Gasteiger partial charge in [0.2, 0.25) is 0 Å². The predicted molar refractivity (Wildman–Crippen MR) is 112 cm³/mol. The van der Waals surface area contributed by atoms with Crippen LogP contribution in [-0.4, -0.2) is 5.11 Å². The zero-order chi connectivity index (χ0) is 17.6. The molecule has 0 heterocycles. The van der Waals surface area contributed by atoms with Gasteiger partial charge in [-0.2, -0.15) is 0 Å². The first kappa shape index (κ1) is 17.0. The van der Waals surface area contributed by atoms with Crippen LogP contribution in [0.15, 0.2) is 72.8 Å². The molecule has 3 nitrogen and oxygen atoms in total. The van der Waals surface area contributed by atoms with E-state index in [1.165, 1.54) is 11.1 Å². The molecule has 0 aliphatic carbocycles. The highest BCUT2D eigenvalue weighted by Gasteiger charge is 2.02. The van der Waals surface area contributed by atoms with Gasteiger partial charge < -0.3 is 16.0 Å². The molecule has 3 rings (SSSR count). The second-order valence-corrected chi connectivity index (χ2v) is 6.37. The summed E-state index contributed by atoms with van der Waals surface area (Å²) in [5.74, 6) is 0. The first-order valence-corrected chi connectivity index (χ1v) is 8.58. The molecule has 0 saturated heterocycles. The summed E-state index contributed by atoms with van der Waals surface area (Å²) >= 11 is 5.41. The molecule has 0 amide bonds. The zero-order valence-corrected chi connectivity index (χ0v) is 15.2. The van der Waals surface area contributed by atoms with E-state index in [-0.39, 0.29) is 0 Å². The molecule has 0 fully saturated rings. The predicted octanol–water partition coefficient (Wildman–Crippen LogP) is 5.86. The molecular weight excluding hydrogens is 326 g/mol. The van der Waals surface area contributed by atoms with Gasteiger partial charge in [0, 0.05) is 22.7 Å². The lowest BCUT2D eigenvalue weighted by Gasteiger charge is -2.13. The average molecular weight is 347 g/mol. The van der Waals surface area contributed by atoms with Crippen LogP contribution in [0.5, 0.6) is 0 Å². The Bertz CT molecular complexity index is 858. The maximum atomic E-state index is 5.41. The lowest BCUT2D eigenvalue weighted by molar-refractivity contribution is 1.38. The molecule has 0 radical (unpaired) electrons. The largest absolute Gasteiger partial charge is 0.356 e. The molecule has 0 aliphatic heterocycles. The Balaban J connectivity index is 1.60. The first-order chi connectivity index (χ1) is 12.1. The van der Waals surface area contributed by atoms with Gasteiger partial charge in [0.1, 0.15) is 0 Å². The van der Waals surface area contributed by atoms with E-state index < -0.39 is 0 Å². The Kier molecular flexibility index (Phi) is 5.31. The summed E-state index contributed by atoms with van der Waals surface area (Å²) in [4.78, 5) is 0. The number of benzene rings is 3. The second-order valence-electron chi connectivity index (χ2n) is 5.97. The van der Waals surface area contributed by atoms with Crippen molar-refractivity contribution in [2.45, 2.75) is 13.8 Å². The number of aryl methyl sites for hydroxylation is 2. The molecule has 0 aromatic heterocycles. The highest BCUT2D eigenvalue weighted by atomic mass is 32.1. The molecule has 3 N–H and O–H groups in total. The third kappa shape index (κ3) is 4.81. The number of hydrogen-bond donors (Lipinski definition) is 3. The van der Waals surface area contributed by atoms with Gasteiger partial charge in [-0.15, -0.1) is 0 Å². The van der Waals surface area contributed by atoms with Crippen molar-refractivity contribution in [2.24, 2.45) is 0 Å². The van der Waals surface area contributed by atoms with Crippen LogP contribution < -0.4 is 16.0 Å². The molecule has 0 unspecified atom stereocenters. The van der Waals surface area contributed by atoms with Crippen molar-refractivity contribution in [1.29, 1.82) is 0 Å². The van der Waals surface area contributed by atoms with Gasteiger partial charge >= 0.3 is 0 Å². The third-order valence-corrected chi connectivity index (χ3v) is 4.04. The van der Waals surface area contributed by atoms with Gasteiger partial charge in [-0.05, 0) is 74.1 Å². The fourth-order valence-electron chi connectivity index (χ4n) is 2.56. The summed E-state index contributed by atoms with van der Waals surface area (Å²) in [7, 11) is 0. The van der Waals surface area contributed by atoms with Crippen LogP contribution in [0.4, 0.5) is 22.7 Å². The number of nitrogens with one attached hydrogen (secondary N) is 3. The molecular formula is C21H21N3S. The minimum atomic E-state index is 0.579. The molecule has 0 spiro atoms. The van der Waals surface area contributed by atoms with Crippen molar-refractivity contribution in [3.8, 4) is 0 Å². The maximum absolute atomic E-state index is 5.41. The summed E-state index contributed by atoms with van der Waals surface area (Å²) in [6, 6.07) is 24.4. The van der Waals surface area contributed by atoms with E-state index in [2.05, 4.69) is 41.9 Å². The molecule has 0 atom stereocenters. The molecule has 0 bridgehead atoms. The van der Waals surface area contributed by atoms with Gasteiger partial charge in [0.15, 0.2) is 5.11 Å². The van der Waals surface area contributed by atoms with E-state index in [0.717, 1.165) is 22.7 Å². The summed E-state index contributed by atoms with van der Waals surface area (Å²) in [6.07, 6.45) is 0. The van der Waals surface area contributed by atoms with E-state index in [1.54, 1.807) is 0 Å². The fraction of sp³-hybridized carbons (Fsp3) is 0.0952. The number of hydrogen-bond acceptors (Lipinski definition) is 2. The molecule has 25 heavy (non-hydrogen) atoms. The standard InChI is InChI=1S/C21H21N3S/c1-15-8-13-20(16(2)14-15)24-21(25)23-19-11-9-18(10-12-19)22-17-6-4-3-5-7-17/h3-14,22H,1-2H3,(H2,23,24,25). The van der Waals surface area contributed by atoms with Crippen LogP contribution in [0.2, 0.25) is 0 Å². The highest BCUT2D eigenvalue weighted by Crippen LogP contribution is 2.20. The molecule has 0 saturated carbocycles. The summed E-state index contributed by atoms with van der Waals surface area (Å²) in [6.45, 7) is 4.15. The zero-order valence-electron chi connectivity index (χ0n) is 14.3. The molecule has 3 aromatic rings. The van der Waals surface area contributed by atoms with Gasteiger partial charge in [-0.1, -0.05) is 35.9 Å². The normalized spacial score (nSPS) is 10.2. The fourth-order valence-corrected chi connectivity index (χ4v) is 2.79. The van der Waals surface area contributed by atoms with Gasteiger partial charge in [0.05, 0.1) is 0 Å². The lowest BCUT2D eigenvalue weighted by Crippen LogP contribution is -2.19. The van der Waals surface area contributed by atoms with Crippen molar-refractivity contribution in [3.05, 3.63) is 83.9 Å². The quantitative estimate of drug-likeness (QED) is 0.517. The molecule has 4 heteroatoms. The van der Waals surface area contributed by atoms with Gasteiger partial charge in [-0.3, -0.25) is 0 Å². The van der Waals surface area contributed by atoms with Gasteiger partial charge in [-0.25, -0.2) is 0 Å². The van der Waals surface area contributed by atoms with E-state index in [9.17, 15) is 0 Å². The maximum Gasteiger partial charge on any atom is 0.175 e. The third-order valence-electron chi connectivity index (χ3n) is 3.84. The van der Waals surface area contributed by atoms with Crippen molar-refractivity contribution in [1.82, 2.24) is 0 Å².